The highest BCUT2D eigenvalue weighted by Gasteiger charge is 2.34. The molecule has 1 aliphatic heterocycles. The molecule has 2 rings (SSSR count). The Kier molecular flexibility index (Phi) is 7.90. The summed E-state index contributed by atoms with van der Waals surface area (Å²) in [5, 5.41) is 0. The van der Waals surface area contributed by atoms with E-state index in [-0.39, 0.29) is 24.2 Å². The molecular formula is C19H30ClN3O2. The van der Waals surface area contributed by atoms with Gasteiger partial charge in [-0.15, -0.1) is 12.4 Å². The molecule has 5 nitrogen and oxygen atoms in total. The molecule has 1 aromatic rings. The van der Waals surface area contributed by atoms with Crippen molar-refractivity contribution in [2.45, 2.75) is 45.6 Å². The summed E-state index contributed by atoms with van der Waals surface area (Å²) < 4.78 is 0. The third-order valence-electron chi connectivity index (χ3n) is 4.65. The monoisotopic (exact) mass is 367 g/mol. The van der Waals surface area contributed by atoms with E-state index in [2.05, 4.69) is 0 Å². The minimum Gasteiger partial charge on any atom is -0.339 e. The number of aryl methyl sites for hydroxylation is 1. The summed E-state index contributed by atoms with van der Waals surface area (Å²) >= 11 is 0. The second-order valence-corrected chi connectivity index (χ2v) is 7.00. The van der Waals surface area contributed by atoms with Crippen LogP contribution in [-0.2, 0) is 16.0 Å². The van der Waals surface area contributed by atoms with Crippen molar-refractivity contribution in [3.8, 4) is 0 Å². The van der Waals surface area contributed by atoms with Gasteiger partial charge < -0.3 is 15.5 Å². The number of carbonyl (C=O) groups is 2. The average molecular weight is 368 g/mol. The molecule has 1 fully saturated rings. The van der Waals surface area contributed by atoms with E-state index in [4.69, 9.17) is 5.73 Å². The van der Waals surface area contributed by atoms with Gasteiger partial charge in [0.2, 0.25) is 11.8 Å². The second-order valence-electron chi connectivity index (χ2n) is 7.00. The van der Waals surface area contributed by atoms with Gasteiger partial charge in [0.25, 0.3) is 0 Å². The summed E-state index contributed by atoms with van der Waals surface area (Å²) in [7, 11) is 0. The summed E-state index contributed by atoms with van der Waals surface area (Å²) in [4.78, 5) is 28.6. The Labute approximate surface area is 157 Å². The number of nitrogens with zero attached hydrogens (tertiary/aromatic N) is 2. The molecule has 2 N–H and O–H groups in total. The normalized spacial score (nSPS) is 16.8. The van der Waals surface area contributed by atoms with E-state index < -0.39 is 5.54 Å². The highest BCUT2D eigenvalue weighted by molar-refractivity contribution is 5.86. The maximum absolute atomic E-state index is 12.5. The number of piperazine rings is 1. The van der Waals surface area contributed by atoms with Gasteiger partial charge in [0.15, 0.2) is 0 Å². The third kappa shape index (κ3) is 5.72. The van der Waals surface area contributed by atoms with Crippen molar-refractivity contribution in [1.82, 2.24) is 9.80 Å². The molecule has 1 atom stereocenters. The van der Waals surface area contributed by atoms with Crippen molar-refractivity contribution >= 4 is 24.2 Å². The zero-order valence-electron chi connectivity index (χ0n) is 15.5. The highest BCUT2D eigenvalue weighted by atomic mass is 35.5. The zero-order chi connectivity index (χ0) is 17.7. The van der Waals surface area contributed by atoms with E-state index in [0.717, 1.165) is 12.0 Å². The Morgan fingerprint density at radius 1 is 1.08 bits per heavy atom. The van der Waals surface area contributed by atoms with Gasteiger partial charge in [0, 0.05) is 26.2 Å². The van der Waals surface area contributed by atoms with Crippen molar-refractivity contribution in [1.29, 1.82) is 0 Å². The zero-order valence-corrected chi connectivity index (χ0v) is 16.3. The Morgan fingerprint density at radius 2 is 1.60 bits per heavy atom. The van der Waals surface area contributed by atoms with Gasteiger partial charge in [-0.25, -0.2) is 0 Å². The van der Waals surface area contributed by atoms with E-state index in [0.29, 0.717) is 39.0 Å². The second kappa shape index (κ2) is 9.20. The van der Waals surface area contributed by atoms with Crippen LogP contribution in [0.15, 0.2) is 24.3 Å². The third-order valence-corrected chi connectivity index (χ3v) is 4.65. The van der Waals surface area contributed by atoms with Crippen LogP contribution in [0.5, 0.6) is 0 Å². The molecule has 1 aliphatic rings. The van der Waals surface area contributed by atoms with Crippen LogP contribution in [-0.4, -0.2) is 53.3 Å². The van der Waals surface area contributed by atoms with Gasteiger partial charge >= 0.3 is 0 Å². The van der Waals surface area contributed by atoms with Crippen LogP contribution in [0.4, 0.5) is 0 Å². The first kappa shape index (κ1) is 21.5. The summed E-state index contributed by atoms with van der Waals surface area (Å²) in [6.45, 7) is 8.15. The van der Waals surface area contributed by atoms with Gasteiger partial charge in [0.05, 0.1) is 12.0 Å². The molecule has 6 heteroatoms. The van der Waals surface area contributed by atoms with Gasteiger partial charge in [-0.2, -0.15) is 0 Å². The number of nitrogens with two attached hydrogens (primary N) is 1. The molecular weight excluding hydrogens is 338 g/mol. The Hall–Kier alpha value is -1.59. The fourth-order valence-corrected chi connectivity index (χ4v) is 3.14. The van der Waals surface area contributed by atoms with E-state index in [1.165, 1.54) is 5.56 Å². The number of hydrogen-bond acceptors (Lipinski definition) is 3. The molecule has 1 heterocycles. The molecule has 0 aromatic heterocycles. The topological polar surface area (TPSA) is 66.6 Å². The molecule has 0 aliphatic carbocycles. The molecule has 0 bridgehead atoms. The molecule has 1 aromatic carbocycles. The lowest BCUT2D eigenvalue weighted by atomic mass is 9.95. The summed E-state index contributed by atoms with van der Waals surface area (Å²) in [6.07, 6.45) is 1.98. The minimum atomic E-state index is -0.803. The molecule has 25 heavy (non-hydrogen) atoms. The van der Waals surface area contributed by atoms with Gasteiger partial charge in [0.1, 0.15) is 0 Å². The lowest BCUT2D eigenvalue weighted by Crippen LogP contribution is -2.58. The van der Waals surface area contributed by atoms with Gasteiger partial charge in [-0.3, -0.25) is 9.59 Å². The average Bonchev–Trinajstić information content (AvgIpc) is 2.56. The van der Waals surface area contributed by atoms with Crippen LogP contribution in [0, 0.1) is 6.92 Å². The fourth-order valence-electron chi connectivity index (χ4n) is 3.14. The van der Waals surface area contributed by atoms with E-state index in [1.54, 1.807) is 11.8 Å². The van der Waals surface area contributed by atoms with Crippen molar-refractivity contribution in [3.05, 3.63) is 35.4 Å². The summed E-state index contributed by atoms with van der Waals surface area (Å²) in [5.41, 5.74) is 7.56. The maximum Gasteiger partial charge on any atom is 0.242 e. The number of hydrogen-bond donors (Lipinski definition) is 1. The standard InChI is InChI=1S/C19H29N3O2.ClH/c1-4-9-19(3,20)18(24)22-12-10-21(11-13-22)17(23)14-16-7-5-15(2)6-8-16;/h5-8H,4,9-14,20H2,1-3H3;1H. The van der Waals surface area contributed by atoms with Crippen molar-refractivity contribution < 1.29 is 9.59 Å². The molecule has 2 amide bonds. The number of carbonyl (C=O) groups excluding carboxylic acids is 2. The van der Waals surface area contributed by atoms with Crippen LogP contribution in [0.25, 0.3) is 0 Å². The van der Waals surface area contributed by atoms with Crippen LogP contribution in [0.3, 0.4) is 0 Å². The van der Waals surface area contributed by atoms with E-state index >= 15 is 0 Å². The number of amides is 2. The highest BCUT2D eigenvalue weighted by Crippen LogP contribution is 2.15. The smallest absolute Gasteiger partial charge is 0.242 e. The largest absolute Gasteiger partial charge is 0.339 e. The molecule has 140 valence electrons. The first-order valence-electron chi connectivity index (χ1n) is 8.75. The minimum absolute atomic E-state index is 0. The first-order valence-corrected chi connectivity index (χ1v) is 8.75. The molecule has 0 saturated carbocycles. The Morgan fingerprint density at radius 3 is 2.12 bits per heavy atom. The van der Waals surface area contributed by atoms with Crippen LogP contribution >= 0.6 is 12.4 Å². The predicted molar refractivity (Wildman–Crippen MR) is 103 cm³/mol. The predicted octanol–water partition coefficient (Wildman–Crippen LogP) is 2.15. The van der Waals surface area contributed by atoms with Crippen LogP contribution < -0.4 is 5.73 Å². The van der Waals surface area contributed by atoms with E-state index in [1.807, 2.05) is 43.0 Å². The van der Waals surface area contributed by atoms with Gasteiger partial charge in [-0.05, 0) is 25.8 Å². The lowest BCUT2D eigenvalue weighted by Gasteiger charge is -2.38. The van der Waals surface area contributed by atoms with Crippen molar-refractivity contribution in [2.24, 2.45) is 5.73 Å². The number of halogens is 1. The first-order chi connectivity index (χ1) is 11.3. The van der Waals surface area contributed by atoms with Crippen LogP contribution in [0.2, 0.25) is 0 Å². The Bertz CT molecular complexity index is 579. The molecule has 1 unspecified atom stereocenters. The SMILES string of the molecule is CCCC(C)(N)C(=O)N1CCN(C(=O)Cc2ccc(C)cc2)CC1.Cl. The fraction of sp³-hybridized carbons (Fsp3) is 0.579. The number of rotatable bonds is 5. The van der Waals surface area contributed by atoms with Gasteiger partial charge in [-0.1, -0.05) is 43.2 Å². The molecule has 1 saturated heterocycles. The molecule has 0 spiro atoms. The van der Waals surface area contributed by atoms with Crippen molar-refractivity contribution in [3.63, 3.8) is 0 Å². The van der Waals surface area contributed by atoms with Crippen LogP contribution in [0.1, 0.15) is 37.8 Å². The van der Waals surface area contributed by atoms with Crippen molar-refractivity contribution in [2.75, 3.05) is 26.2 Å². The maximum atomic E-state index is 12.5. The summed E-state index contributed by atoms with van der Waals surface area (Å²) in [6, 6.07) is 8.04. The van der Waals surface area contributed by atoms with E-state index in [9.17, 15) is 9.59 Å². The lowest BCUT2D eigenvalue weighted by molar-refractivity contribution is -0.142. The quantitative estimate of drug-likeness (QED) is 0.867. The summed E-state index contributed by atoms with van der Waals surface area (Å²) in [5.74, 6) is 0.116. The Balaban J connectivity index is 0.00000312. The number of benzene rings is 1. The molecule has 0 radical (unpaired) electrons.